The highest BCUT2D eigenvalue weighted by Crippen LogP contribution is 2.30. The summed E-state index contributed by atoms with van der Waals surface area (Å²) in [6.07, 6.45) is 2.25. The van der Waals surface area contributed by atoms with Crippen LogP contribution >= 0.6 is 11.6 Å². The maximum atomic E-state index is 14.5. The van der Waals surface area contributed by atoms with Crippen LogP contribution in [0, 0.1) is 5.82 Å². The second-order valence-corrected chi connectivity index (χ2v) is 10.3. The molecular formula is C22H21ClFN5O4S. The third-order valence-electron chi connectivity index (χ3n) is 5.65. The van der Waals surface area contributed by atoms with Gasteiger partial charge in [-0.3, -0.25) is 4.79 Å². The van der Waals surface area contributed by atoms with Crippen LogP contribution in [0.5, 0.6) is 0 Å². The Kier molecular flexibility index (Phi) is 6.17. The smallest absolute Gasteiger partial charge is 0.350 e. The summed E-state index contributed by atoms with van der Waals surface area (Å²) in [5.74, 6) is -0.849. The zero-order valence-corrected chi connectivity index (χ0v) is 20.0. The Balaban J connectivity index is 1.96. The Bertz CT molecular complexity index is 1490. The fraction of sp³-hybridized carbons (Fsp3) is 0.273. The largest absolute Gasteiger partial charge is 0.355 e. The maximum Gasteiger partial charge on any atom is 0.355 e. The van der Waals surface area contributed by atoms with E-state index in [0.29, 0.717) is 19.6 Å². The minimum atomic E-state index is -3.72. The fourth-order valence-electron chi connectivity index (χ4n) is 4.08. The molecule has 4 rings (SSSR count). The summed E-state index contributed by atoms with van der Waals surface area (Å²) in [5.41, 5.74) is -0.802. The predicted octanol–water partition coefficient (Wildman–Crippen LogP) is 2.20. The van der Waals surface area contributed by atoms with Crippen molar-refractivity contribution >= 4 is 44.2 Å². The molecule has 3 aromatic rings. The monoisotopic (exact) mass is 505 g/mol. The van der Waals surface area contributed by atoms with Gasteiger partial charge in [0.05, 0.1) is 16.0 Å². The number of aromatic nitrogens is 3. The van der Waals surface area contributed by atoms with Gasteiger partial charge in [-0.1, -0.05) is 30.3 Å². The second kappa shape index (κ2) is 8.80. The van der Waals surface area contributed by atoms with Crippen molar-refractivity contribution in [2.24, 2.45) is 0 Å². The van der Waals surface area contributed by atoms with Gasteiger partial charge >= 0.3 is 5.69 Å². The van der Waals surface area contributed by atoms with Crippen LogP contribution in [0.25, 0.3) is 16.7 Å². The number of benzene rings is 1. The molecule has 1 atom stereocenters. The Morgan fingerprint density at radius 2 is 1.97 bits per heavy atom. The molecule has 1 fully saturated rings. The molecule has 0 spiro atoms. The summed E-state index contributed by atoms with van der Waals surface area (Å²) >= 11 is 5.96. The molecule has 9 nitrogen and oxygen atoms in total. The summed E-state index contributed by atoms with van der Waals surface area (Å²) in [5, 5.41) is -0.288. The number of halogens is 2. The van der Waals surface area contributed by atoms with E-state index in [1.165, 1.54) is 24.3 Å². The number of sulfone groups is 1. The highest BCUT2D eigenvalue weighted by Gasteiger charge is 2.30. The average molecular weight is 506 g/mol. The average Bonchev–Trinajstić information content (AvgIpc) is 2.79. The third kappa shape index (κ3) is 4.16. The number of para-hydroxylation sites is 1. The van der Waals surface area contributed by atoms with Gasteiger partial charge in [-0.15, -0.1) is 0 Å². The number of fused-ring (bicyclic) bond motifs is 1. The van der Waals surface area contributed by atoms with Gasteiger partial charge in [0.1, 0.15) is 5.82 Å². The van der Waals surface area contributed by atoms with E-state index < -0.39 is 26.5 Å². The number of nitrogens with zero attached hydrogens (tertiary/aromatic N) is 5. The van der Waals surface area contributed by atoms with E-state index in [0.717, 1.165) is 16.9 Å². The number of carbonyl (C=O) groups excluding carboxylic acids is 1. The zero-order chi connectivity index (χ0) is 24.8. The molecule has 1 saturated heterocycles. The molecule has 3 heterocycles. The van der Waals surface area contributed by atoms with Gasteiger partial charge < -0.3 is 9.80 Å². The molecule has 178 valence electrons. The first-order chi connectivity index (χ1) is 16.0. The van der Waals surface area contributed by atoms with E-state index in [1.807, 2.05) is 6.92 Å². The lowest BCUT2D eigenvalue weighted by Crippen LogP contribution is -2.54. The third-order valence-corrected chi connectivity index (χ3v) is 7.06. The molecule has 1 aliphatic heterocycles. The van der Waals surface area contributed by atoms with Crippen LogP contribution in [0.4, 0.5) is 10.2 Å². The van der Waals surface area contributed by atoms with Crippen molar-refractivity contribution in [1.29, 1.82) is 0 Å². The predicted molar refractivity (Wildman–Crippen MR) is 127 cm³/mol. The minimum Gasteiger partial charge on any atom is -0.350 e. The SMILES string of the molecule is C=CC(=O)N1CCN(c2nc(=O)n(-c3ccccc3S(C)(=O)=O)c3nc(Cl)c(F)cc23)[C@@H](C)C1. The van der Waals surface area contributed by atoms with Crippen LogP contribution in [-0.4, -0.2) is 65.7 Å². The molecule has 34 heavy (non-hydrogen) atoms. The molecule has 2 aromatic heterocycles. The van der Waals surface area contributed by atoms with Crippen LogP contribution < -0.4 is 10.6 Å². The lowest BCUT2D eigenvalue weighted by molar-refractivity contribution is -0.126. The lowest BCUT2D eigenvalue weighted by atomic mass is 10.1. The second-order valence-electron chi connectivity index (χ2n) is 7.96. The topological polar surface area (TPSA) is 105 Å². The van der Waals surface area contributed by atoms with Crippen molar-refractivity contribution in [1.82, 2.24) is 19.4 Å². The van der Waals surface area contributed by atoms with Gasteiger partial charge in [0.25, 0.3) is 0 Å². The lowest BCUT2D eigenvalue weighted by Gasteiger charge is -2.40. The Morgan fingerprint density at radius 1 is 1.26 bits per heavy atom. The number of carbonyl (C=O) groups is 1. The normalized spacial score (nSPS) is 16.6. The van der Waals surface area contributed by atoms with Gasteiger partial charge in [-0.25, -0.2) is 27.2 Å². The first-order valence-corrected chi connectivity index (χ1v) is 12.6. The van der Waals surface area contributed by atoms with Crippen LogP contribution in [0.3, 0.4) is 0 Å². The van der Waals surface area contributed by atoms with Crippen LogP contribution in [-0.2, 0) is 14.6 Å². The van der Waals surface area contributed by atoms with Gasteiger partial charge in [0.2, 0.25) is 5.91 Å². The first-order valence-electron chi connectivity index (χ1n) is 10.3. The van der Waals surface area contributed by atoms with E-state index in [9.17, 15) is 22.4 Å². The summed E-state index contributed by atoms with van der Waals surface area (Å²) in [6, 6.07) is 6.77. The van der Waals surface area contributed by atoms with Crippen molar-refractivity contribution in [3.05, 3.63) is 64.4 Å². The molecule has 1 amide bonds. The number of piperazine rings is 1. The molecule has 0 saturated carbocycles. The van der Waals surface area contributed by atoms with E-state index >= 15 is 0 Å². The van der Waals surface area contributed by atoms with E-state index in [4.69, 9.17) is 11.6 Å². The number of rotatable bonds is 4. The highest BCUT2D eigenvalue weighted by molar-refractivity contribution is 7.90. The Morgan fingerprint density at radius 3 is 2.62 bits per heavy atom. The molecule has 12 heteroatoms. The Labute approximate surface area is 200 Å². The van der Waals surface area contributed by atoms with Crippen LogP contribution in [0.2, 0.25) is 5.15 Å². The van der Waals surface area contributed by atoms with Gasteiger partial charge in [0, 0.05) is 31.9 Å². The van der Waals surface area contributed by atoms with Gasteiger partial charge in [-0.2, -0.15) is 4.98 Å². The molecule has 0 unspecified atom stereocenters. The van der Waals surface area contributed by atoms with Gasteiger partial charge in [-0.05, 0) is 31.2 Å². The van der Waals surface area contributed by atoms with Crippen molar-refractivity contribution in [2.75, 3.05) is 30.8 Å². The minimum absolute atomic E-state index is 0.0312. The number of amides is 1. The summed E-state index contributed by atoms with van der Waals surface area (Å²) in [6.45, 7) is 6.38. The maximum absolute atomic E-state index is 14.5. The van der Waals surface area contributed by atoms with E-state index in [-0.39, 0.29) is 39.4 Å². The first kappa shape index (κ1) is 23.8. The number of hydrogen-bond acceptors (Lipinski definition) is 7. The summed E-state index contributed by atoms with van der Waals surface area (Å²) in [4.78, 5) is 36.9. The molecule has 0 radical (unpaired) electrons. The van der Waals surface area contributed by atoms with Crippen LogP contribution in [0.1, 0.15) is 6.92 Å². The van der Waals surface area contributed by atoms with Gasteiger partial charge in [0.15, 0.2) is 26.5 Å². The van der Waals surface area contributed by atoms with Crippen molar-refractivity contribution in [3.8, 4) is 5.69 Å². The number of pyridine rings is 1. The van der Waals surface area contributed by atoms with Crippen molar-refractivity contribution < 1.29 is 17.6 Å². The molecule has 1 aliphatic rings. The van der Waals surface area contributed by atoms with Crippen molar-refractivity contribution in [3.63, 3.8) is 0 Å². The van der Waals surface area contributed by atoms with Crippen LogP contribution in [0.15, 0.2) is 52.7 Å². The van der Waals surface area contributed by atoms with E-state index in [1.54, 1.807) is 15.9 Å². The van der Waals surface area contributed by atoms with E-state index in [2.05, 4.69) is 16.5 Å². The molecule has 1 aromatic carbocycles. The van der Waals surface area contributed by atoms with Crippen molar-refractivity contribution in [2.45, 2.75) is 17.9 Å². The molecule has 0 N–H and O–H groups in total. The number of anilines is 1. The zero-order valence-electron chi connectivity index (χ0n) is 18.4. The quantitative estimate of drug-likeness (QED) is 0.395. The highest BCUT2D eigenvalue weighted by atomic mass is 35.5. The summed E-state index contributed by atoms with van der Waals surface area (Å²) in [7, 11) is -3.72. The molecule has 0 aliphatic carbocycles. The number of hydrogen-bond donors (Lipinski definition) is 0. The molecular weight excluding hydrogens is 485 g/mol. The Hall–Kier alpha value is -3.31. The summed E-state index contributed by atoms with van der Waals surface area (Å²) < 4.78 is 40.3. The standard InChI is InChI=1S/C22H21ClFN5O4S/c1-4-18(30)27-9-10-28(13(2)12-27)20-14-11-15(24)19(23)25-21(14)29(22(31)26-20)16-7-5-6-8-17(16)34(3,32)33/h4-8,11,13H,1,9-10,12H2,2-3H3/t13-/m0/s1. The molecule has 0 bridgehead atoms. The fourth-order valence-corrected chi connectivity index (χ4v) is 5.08.